The maximum atomic E-state index is 9.20. The Morgan fingerprint density at radius 2 is 1.96 bits per heavy atom. The number of hydrogen-bond acceptors (Lipinski definition) is 5. The van der Waals surface area contributed by atoms with Gasteiger partial charge in [0.1, 0.15) is 5.82 Å². The second-order valence-corrected chi connectivity index (χ2v) is 6.26. The van der Waals surface area contributed by atoms with E-state index in [1.54, 1.807) is 0 Å². The summed E-state index contributed by atoms with van der Waals surface area (Å²) in [6.45, 7) is 3.88. The van der Waals surface area contributed by atoms with E-state index >= 15 is 0 Å². The molecule has 124 valence electrons. The van der Waals surface area contributed by atoms with Gasteiger partial charge in [0.05, 0.1) is 6.20 Å². The average Bonchev–Trinajstić information content (AvgIpc) is 3.01. The van der Waals surface area contributed by atoms with E-state index in [0.717, 1.165) is 44.8 Å². The lowest BCUT2D eigenvalue weighted by molar-refractivity contribution is 0.203. The molecule has 6 heteroatoms. The fourth-order valence-electron chi connectivity index (χ4n) is 2.97. The van der Waals surface area contributed by atoms with Crippen LogP contribution in [-0.2, 0) is 20.1 Å². The zero-order chi connectivity index (χ0) is 16.1. The normalized spacial score (nSPS) is 16.0. The molecular formula is C17H25N5O. The number of aryl methyl sites for hydroxylation is 1. The van der Waals surface area contributed by atoms with Crippen molar-refractivity contribution < 1.29 is 5.11 Å². The van der Waals surface area contributed by atoms with E-state index in [9.17, 15) is 5.11 Å². The third kappa shape index (κ3) is 4.30. The number of aliphatic hydroxyl groups is 1. The van der Waals surface area contributed by atoms with Gasteiger partial charge in [-0.1, -0.05) is 6.07 Å². The van der Waals surface area contributed by atoms with Gasteiger partial charge < -0.3 is 15.3 Å². The number of piperidine rings is 1. The number of pyridine rings is 1. The van der Waals surface area contributed by atoms with Crippen molar-refractivity contribution in [1.29, 1.82) is 0 Å². The largest absolute Gasteiger partial charge is 0.396 e. The van der Waals surface area contributed by atoms with Crippen LogP contribution in [0, 0.1) is 5.92 Å². The van der Waals surface area contributed by atoms with Crippen molar-refractivity contribution >= 4 is 5.82 Å². The zero-order valence-corrected chi connectivity index (χ0v) is 13.6. The van der Waals surface area contributed by atoms with Gasteiger partial charge in [-0.25, -0.2) is 4.98 Å². The molecule has 0 radical (unpaired) electrons. The molecule has 2 N–H and O–H groups in total. The van der Waals surface area contributed by atoms with E-state index < -0.39 is 0 Å². The van der Waals surface area contributed by atoms with E-state index in [1.165, 1.54) is 11.1 Å². The van der Waals surface area contributed by atoms with Crippen LogP contribution < -0.4 is 10.2 Å². The van der Waals surface area contributed by atoms with Gasteiger partial charge in [0, 0.05) is 57.8 Å². The molecule has 1 saturated heterocycles. The summed E-state index contributed by atoms with van der Waals surface area (Å²) in [6, 6.07) is 4.23. The Kier molecular flexibility index (Phi) is 5.25. The number of nitrogens with one attached hydrogen (secondary N) is 1. The third-order valence-electron chi connectivity index (χ3n) is 4.42. The minimum atomic E-state index is 0.308. The lowest BCUT2D eigenvalue weighted by Crippen LogP contribution is -2.35. The number of nitrogens with zero attached hydrogens (tertiary/aromatic N) is 4. The molecule has 3 heterocycles. The van der Waals surface area contributed by atoms with Crippen molar-refractivity contribution in [3.05, 3.63) is 41.9 Å². The molecule has 0 spiro atoms. The summed E-state index contributed by atoms with van der Waals surface area (Å²) in [5.74, 6) is 1.50. The molecule has 2 aromatic rings. The van der Waals surface area contributed by atoms with Gasteiger partial charge in [-0.3, -0.25) is 4.68 Å². The quantitative estimate of drug-likeness (QED) is 0.841. The van der Waals surface area contributed by atoms with Gasteiger partial charge in [-0.2, -0.15) is 5.10 Å². The Morgan fingerprint density at radius 1 is 1.17 bits per heavy atom. The predicted octanol–water partition coefficient (Wildman–Crippen LogP) is 1.31. The third-order valence-corrected chi connectivity index (χ3v) is 4.42. The maximum absolute atomic E-state index is 9.20. The van der Waals surface area contributed by atoms with Gasteiger partial charge in [0.25, 0.3) is 0 Å². The van der Waals surface area contributed by atoms with Crippen LogP contribution in [0.5, 0.6) is 0 Å². The Morgan fingerprint density at radius 3 is 2.57 bits per heavy atom. The van der Waals surface area contributed by atoms with Crippen LogP contribution in [0.25, 0.3) is 0 Å². The minimum absolute atomic E-state index is 0.308. The van der Waals surface area contributed by atoms with Crippen molar-refractivity contribution in [3.63, 3.8) is 0 Å². The highest BCUT2D eigenvalue weighted by Gasteiger charge is 2.19. The second kappa shape index (κ2) is 7.57. The molecular weight excluding hydrogens is 290 g/mol. The summed E-state index contributed by atoms with van der Waals surface area (Å²) in [5.41, 5.74) is 2.37. The molecule has 0 amide bonds. The number of aromatic nitrogens is 3. The molecule has 23 heavy (non-hydrogen) atoms. The first-order valence-corrected chi connectivity index (χ1v) is 8.23. The van der Waals surface area contributed by atoms with Crippen molar-refractivity contribution in [1.82, 2.24) is 20.1 Å². The molecule has 6 nitrogen and oxygen atoms in total. The van der Waals surface area contributed by atoms with E-state index in [0.29, 0.717) is 12.5 Å². The lowest BCUT2D eigenvalue weighted by atomic mass is 9.98. The first-order chi connectivity index (χ1) is 11.2. The number of hydrogen-bond donors (Lipinski definition) is 2. The molecule has 0 atom stereocenters. The predicted molar refractivity (Wildman–Crippen MR) is 90.0 cm³/mol. The summed E-state index contributed by atoms with van der Waals surface area (Å²) >= 11 is 0. The highest BCUT2D eigenvalue weighted by atomic mass is 16.3. The van der Waals surface area contributed by atoms with Crippen LogP contribution in [-0.4, -0.2) is 39.6 Å². The van der Waals surface area contributed by atoms with Gasteiger partial charge in [-0.05, 0) is 30.4 Å². The highest BCUT2D eigenvalue weighted by Crippen LogP contribution is 2.21. The minimum Gasteiger partial charge on any atom is -0.396 e. The smallest absolute Gasteiger partial charge is 0.128 e. The number of anilines is 1. The monoisotopic (exact) mass is 315 g/mol. The van der Waals surface area contributed by atoms with E-state index in [1.807, 2.05) is 30.3 Å². The van der Waals surface area contributed by atoms with E-state index in [2.05, 4.69) is 32.4 Å². The van der Waals surface area contributed by atoms with Crippen LogP contribution in [0.4, 0.5) is 5.82 Å². The summed E-state index contributed by atoms with van der Waals surface area (Å²) in [4.78, 5) is 6.89. The lowest BCUT2D eigenvalue weighted by Gasteiger charge is -2.32. The fraction of sp³-hybridized carbons (Fsp3) is 0.529. The maximum Gasteiger partial charge on any atom is 0.128 e. The summed E-state index contributed by atoms with van der Waals surface area (Å²) in [6.07, 6.45) is 7.94. The van der Waals surface area contributed by atoms with E-state index in [-0.39, 0.29) is 0 Å². The van der Waals surface area contributed by atoms with Crippen LogP contribution in [0.1, 0.15) is 24.0 Å². The molecule has 1 fully saturated rings. The molecule has 1 aliphatic heterocycles. The van der Waals surface area contributed by atoms with Crippen LogP contribution in [0.15, 0.2) is 30.7 Å². The van der Waals surface area contributed by atoms with E-state index in [4.69, 9.17) is 0 Å². The second-order valence-electron chi connectivity index (χ2n) is 6.26. The van der Waals surface area contributed by atoms with Crippen LogP contribution in [0.3, 0.4) is 0 Å². The number of aliphatic hydroxyl groups excluding tert-OH is 1. The summed E-state index contributed by atoms with van der Waals surface area (Å²) < 4.78 is 1.81. The molecule has 0 aromatic carbocycles. The molecule has 3 rings (SSSR count). The molecule has 2 aromatic heterocycles. The Labute approximate surface area is 137 Å². The SMILES string of the molecule is Cn1cc(CNCc2ccc(N3CCC(CO)CC3)nc2)cn1. The highest BCUT2D eigenvalue weighted by molar-refractivity contribution is 5.39. The summed E-state index contributed by atoms with van der Waals surface area (Å²) in [5, 5.41) is 16.8. The van der Waals surface area contributed by atoms with Crippen molar-refractivity contribution in [3.8, 4) is 0 Å². The molecule has 1 aliphatic rings. The van der Waals surface area contributed by atoms with Crippen molar-refractivity contribution in [2.75, 3.05) is 24.6 Å². The summed E-state index contributed by atoms with van der Waals surface area (Å²) in [7, 11) is 1.93. The molecule has 0 bridgehead atoms. The van der Waals surface area contributed by atoms with Gasteiger partial charge in [0.2, 0.25) is 0 Å². The first kappa shape index (κ1) is 16.0. The standard InChI is InChI=1S/C17H25N5O/c1-21-12-16(11-20-21)9-18-8-15-2-3-17(19-10-15)22-6-4-14(13-23)5-7-22/h2-3,10-12,14,18,23H,4-9,13H2,1H3. The molecule has 0 unspecified atom stereocenters. The Balaban J connectivity index is 1.47. The van der Waals surface area contributed by atoms with Gasteiger partial charge in [0.15, 0.2) is 0 Å². The van der Waals surface area contributed by atoms with Crippen molar-refractivity contribution in [2.24, 2.45) is 13.0 Å². The van der Waals surface area contributed by atoms with Crippen molar-refractivity contribution in [2.45, 2.75) is 25.9 Å². The molecule has 0 aliphatic carbocycles. The van der Waals surface area contributed by atoms with Gasteiger partial charge >= 0.3 is 0 Å². The fourth-order valence-corrected chi connectivity index (χ4v) is 2.97. The van der Waals surface area contributed by atoms with Crippen LogP contribution >= 0.6 is 0 Å². The van der Waals surface area contributed by atoms with Gasteiger partial charge in [-0.15, -0.1) is 0 Å². The average molecular weight is 315 g/mol. The Hall–Kier alpha value is -1.92. The topological polar surface area (TPSA) is 66.2 Å². The zero-order valence-electron chi connectivity index (χ0n) is 13.6. The first-order valence-electron chi connectivity index (χ1n) is 8.23. The molecule has 0 saturated carbocycles. The number of rotatable bonds is 6. The Bertz CT molecular complexity index is 602. The van der Waals surface area contributed by atoms with Crippen LogP contribution in [0.2, 0.25) is 0 Å².